The summed E-state index contributed by atoms with van der Waals surface area (Å²) in [6, 6.07) is 1.88. The molecule has 2 heterocycles. The third-order valence-electron chi connectivity index (χ3n) is 5.67. The molecular weight excluding hydrogens is 304 g/mol. The summed E-state index contributed by atoms with van der Waals surface area (Å²) in [5, 5.41) is 0. The molecule has 5 nitrogen and oxygen atoms in total. The summed E-state index contributed by atoms with van der Waals surface area (Å²) in [4.78, 5) is 39.0. The van der Waals surface area contributed by atoms with Crippen LogP contribution in [0.15, 0.2) is 6.07 Å². The van der Waals surface area contributed by atoms with E-state index in [0.717, 1.165) is 50.0 Å². The largest absolute Gasteiger partial charge is 0.348 e. The van der Waals surface area contributed by atoms with Gasteiger partial charge in [-0.15, -0.1) is 0 Å². The van der Waals surface area contributed by atoms with Crippen molar-refractivity contribution in [3.05, 3.63) is 23.0 Å². The standard InChI is InChI=1S/C19H26N2O3/c1-4-9-20-13(2)10-15(14(20)3)16(22)12-21-17(23)11-19(18(21)24)7-5-6-8-19/h10H,4-9,11-12H2,1-3H3. The van der Waals surface area contributed by atoms with Crippen LogP contribution in [0.5, 0.6) is 0 Å². The fourth-order valence-corrected chi connectivity index (χ4v) is 4.34. The first-order chi connectivity index (χ1) is 11.4. The fourth-order valence-electron chi connectivity index (χ4n) is 4.34. The van der Waals surface area contributed by atoms with Crippen LogP contribution in [0.2, 0.25) is 0 Å². The van der Waals surface area contributed by atoms with Gasteiger partial charge in [0, 0.05) is 29.9 Å². The van der Waals surface area contributed by atoms with Gasteiger partial charge in [-0.25, -0.2) is 0 Å². The van der Waals surface area contributed by atoms with Gasteiger partial charge < -0.3 is 4.57 Å². The van der Waals surface area contributed by atoms with Gasteiger partial charge in [0.1, 0.15) is 0 Å². The van der Waals surface area contributed by atoms with E-state index in [1.54, 1.807) is 0 Å². The maximum Gasteiger partial charge on any atom is 0.236 e. The molecule has 5 heteroatoms. The molecule has 0 N–H and O–H groups in total. The Morgan fingerprint density at radius 2 is 1.88 bits per heavy atom. The van der Waals surface area contributed by atoms with Crippen molar-refractivity contribution in [3.8, 4) is 0 Å². The SMILES string of the molecule is CCCn1c(C)cc(C(=O)CN2C(=O)CC3(CCCC3)C2=O)c1C. The van der Waals surface area contributed by atoms with Crippen LogP contribution in [0, 0.1) is 19.3 Å². The molecule has 1 aromatic rings. The number of carbonyl (C=O) groups excluding carboxylic acids is 3. The van der Waals surface area contributed by atoms with Crippen molar-refractivity contribution in [2.45, 2.75) is 65.8 Å². The number of rotatable bonds is 5. The highest BCUT2D eigenvalue weighted by molar-refractivity contribution is 6.10. The second-order valence-electron chi connectivity index (χ2n) is 7.31. The van der Waals surface area contributed by atoms with Gasteiger partial charge in [-0.05, 0) is 39.2 Å². The quantitative estimate of drug-likeness (QED) is 0.616. The monoisotopic (exact) mass is 330 g/mol. The van der Waals surface area contributed by atoms with Crippen molar-refractivity contribution in [2.75, 3.05) is 6.54 Å². The Bertz CT molecular complexity index is 696. The van der Waals surface area contributed by atoms with E-state index in [0.29, 0.717) is 5.56 Å². The molecule has 3 rings (SSSR count). The van der Waals surface area contributed by atoms with Crippen molar-refractivity contribution in [1.29, 1.82) is 0 Å². The maximum atomic E-state index is 12.7. The van der Waals surface area contributed by atoms with Crippen molar-refractivity contribution in [3.63, 3.8) is 0 Å². The molecule has 130 valence electrons. The summed E-state index contributed by atoms with van der Waals surface area (Å²) in [5.41, 5.74) is 2.10. The summed E-state index contributed by atoms with van der Waals surface area (Å²) in [6.45, 7) is 6.77. The Kier molecular flexibility index (Phi) is 4.37. The molecule has 0 atom stereocenters. The molecule has 1 saturated heterocycles. The van der Waals surface area contributed by atoms with E-state index in [1.807, 2.05) is 19.9 Å². The first kappa shape index (κ1) is 16.9. The zero-order valence-corrected chi connectivity index (χ0v) is 14.9. The summed E-state index contributed by atoms with van der Waals surface area (Å²) in [5.74, 6) is -0.444. The van der Waals surface area contributed by atoms with Crippen LogP contribution in [0.25, 0.3) is 0 Å². The molecule has 1 saturated carbocycles. The summed E-state index contributed by atoms with van der Waals surface area (Å²) < 4.78 is 2.12. The van der Waals surface area contributed by atoms with E-state index in [9.17, 15) is 14.4 Å². The first-order valence-electron chi connectivity index (χ1n) is 8.94. The normalized spacial score (nSPS) is 19.7. The molecule has 1 spiro atoms. The molecule has 24 heavy (non-hydrogen) atoms. The average molecular weight is 330 g/mol. The van der Waals surface area contributed by atoms with E-state index >= 15 is 0 Å². The highest BCUT2D eigenvalue weighted by atomic mass is 16.2. The Morgan fingerprint density at radius 1 is 1.21 bits per heavy atom. The number of carbonyl (C=O) groups is 3. The second kappa shape index (κ2) is 6.19. The molecule has 0 bridgehead atoms. The lowest BCUT2D eigenvalue weighted by Gasteiger charge is -2.20. The van der Waals surface area contributed by atoms with E-state index < -0.39 is 5.41 Å². The highest BCUT2D eigenvalue weighted by Crippen LogP contribution is 2.46. The summed E-state index contributed by atoms with van der Waals surface area (Å²) in [6.07, 6.45) is 4.85. The summed E-state index contributed by atoms with van der Waals surface area (Å²) >= 11 is 0. The predicted molar refractivity (Wildman–Crippen MR) is 90.8 cm³/mol. The fraction of sp³-hybridized carbons (Fsp3) is 0.632. The van der Waals surface area contributed by atoms with E-state index in [1.165, 1.54) is 4.90 Å². The Hall–Kier alpha value is -1.91. The van der Waals surface area contributed by atoms with Gasteiger partial charge in [-0.1, -0.05) is 19.8 Å². The number of hydrogen-bond acceptors (Lipinski definition) is 3. The van der Waals surface area contributed by atoms with Gasteiger partial charge in [0.25, 0.3) is 0 Å². The van der Waals surface area contributed by atoms with Crippen LogP contribution in [0.3, 0.4) is 0 Å². The number of amides is 2. The molecular formula is C19H26N2O3. The topological polar surface area (TPSA) is 59.4 Å². The number of hydrogen-bond donors (Lipinski definition) is 0. The number of ketones is 1. The Balaban J connectivity index is 1.79. The van der Waals surface area contributed by atoms with Crippen molar-refractivity contribution in [2.24, 2.45) is 5.41 Å². The minimum Gasteiger partial charge on any atom is -0.348 e. The van der Waals surface area contributed by atoms with Crippen LogP contribution >= 0.6 is 0 Å². The number of aromatic nitrogens is 1. The molecule has 1 aromatic heterocycles. The predicted octanol–water partition coefficient (Wildman–Crippen LogP) is 3.02. The lowest BCUT2D eigenvalue weighted by molar-refractivity contribution is -0.140. The van der Waals surface area contributed by atoms with E-state index in [4.69, 9.17) is 0 Å². The molecule has 0 aromatic carbocycles. The average Bonchev–Trinajstić information content (AvgIpc) is 3.18. The van der Waals surface area contributed by atoms with E-state index in [2.05, 4.69) is 11.5 Å². The van der Waals surface area contributed by atoms with Crippen LogP contribution < -0.4 is 0 Å². The minimum atomic E-state index is -0.504. The van der Waals surface area contributed by atoms with Crippen LogP contribution in [-0.2, 0) is 16.1 Å². The number of aryl methyl sites for hydroxylation is 1. The smallest absolute Gasteiger partial charge is 0.236 e. The third-order valence-corrected chi connectivity index (χ3v) is 5.67. The summed E-state index contributed by atoms with van der Waals surface area (Å²) in [7, 11) is 0. The third kappa shape index (κ3) is 2.60. The number of Topliss-reactive ketones (excluding diaryl/α,β-unsaturated/α-hetero) is 1. The maximum absolute atomic E-state index is 12.7. The van der Waals surface area contributed by atoms with Gasteiger partial charge in [-0.3, -0.25) is 19.3 Å². The minimum absolute atomic E-state index is 0.115. The lowest BCUT2D eigenvalue weighted by Crippen LogP contribution is -2.38. The van der Waals surface area contributed by atoms with Gasteiger partial charge >= 0.3 is 0 Å². The number of nitrogens with zero attached hydrogens (tertiary/aromatic N) is 2. The molecule has 1 aliphatic heterocycles. The highest BCUT2D eigenvalue weighted by Gasteiger charge is 2.52. The van der Waals surface area contributed by atoms with Crippen molar-refractivity contribution in [1.82, 2.24) is 9.47 Å². The number of imide groups is 1. The van der Waals surface area contributed by atoms with Gasteiger partial charge in [0.15, 0.2) is 5.78 Å². The molecule has 2 amide bonds. The zero-order valence-electron chi connectivity index (χ0n) is 14.9. The van der Waals surface area contributed by atoms with Gasteiger partial charge in [0.05, 0.1) is 12.0 Å². The Labute approximate surface area is 143 Å². The molecule has 2 aliphatic rings. The molecule has 0 unspecified atom stereocenters. The van der Waals surface area contributed by atoms with Crippen molar-refractivity contribution >= 4 is 17.6 Å². The molecule has 1 aliphatic carbocycles. The first-order valence-corrected chi connectivity index (χ1v) is 8.94. The lowest BCUT2D eigenvalue weighted by atomic mass is 9.84. The van der Waals surface area contributed by atoms with Crippen LogP contribution in [-0.4, -0.2) is 33.6 Å². The van der Waals surface area contributed by atoms with Crippen molar-refractivity contribution < 1.29 is 14.4 Å². The van der Waals surface area contributed by atoms with E-state index in [-0.39, 0.29) is 30.6 Å². The zero-order chi connectivity index (χ0) is 17.5. The second-order valence-corrected chi connectivity index (χ2v) is 7.31. The van der Waals surface area contributed by atoms with Gasteiger partial charge in [0.2, 0.25) is 11.8 Å². The van der Waals surface area contributed by atoms with Crippen LogP contribution in [0.1, 0.15) is 67.2 Å². The molecule has 2 fully saturated rings. The van der Waals surface area contributed by atoms with Crippen LogP contribution in [0.4, 0.5) is 0 Å². The molecule has 0 radical (unpaired) electrons. The Morgan fingerprint density at radius 3 is 2.50 bits per heavy atom. The number of likely N-dealkylation sites (tertiary alicyclic amines) is 1. The van der Waals surface area contributed by atoms with Gasteiger partial charge in [-0.2, -0.15) is 0 Å².